The van der Waals surface area contributed by atoms with E-state index in [-0.39, 0.29) is 0 Å². The molecular weight excluding hydrogens is 276 g/mol. The second-order valence-electron chi connectivity index (χ2n) is 5.14. The summed E-state index contributed by atoms with van der Waals surface area (Å²) < 4.78 is 0. The number of aliphatic hydroxyl groups is 1. The Labute approximate surface area is 128 Å². The molecule has 1 aromatic heterocycles. The van der Waals surface area contributed by atoms with Crippen molar-refractivity contribution in [3.05, 3.63) is 66.2 Å². The Bertz CT molecular complexity index is 776. The zero-order valence-corrected chi connectivity index (χ0v) is 12.2. The Morgan fingerprint density at radius 1 is 1.14 bits per heavy atom. The zero-order valence-electron chi connectivity index (χ0n) is 12.2. The summed E-state index contributed by atoms with van der Waals surface area (Å²) in [6.45, 7) is 3.99. The highest BCUT2D eigenvalue weighted by Gasteiger charge is 2.09. The average Bonchev–Trinajstić information content (AvgIpc) is 2.99. The molecule has 22 heavy (non-hydrogen) atoms. The SMILES string of the molecule is C=CC(O)Cc1ccc(-n2nc3ccccc3n2)cc1CN. The third-order valence-electron chi connectivity index (χ3n) is 3.63. The van der Waals surface area contributed by atoms with Gasteiger partial charge in [-0.05, 0) is 35.4 Å². The minimum atomic E-state index is -0.568. The first-order valence-corrected chi connectivity index (χ1v) is 7.16. The van der Waals surface area contributed by atoms with Crippen LogP contribution in [-0.2, 0) is 13.0 Å². The molecule has 3 rings (SSSR count). The van der Waals surface area contributed by atoms with Gasteiger partial charge in [0.1, 0.15) is 11.0 Å². The lowest BCUT2D eigenvalue weighted by molar-refractivity contribution is 0.224. The minimum absolute atomic E-state index is 0.397. The van der Waals surface area contributed by atoms with E-state index in [0.717, 1.165) is 27.8 Å². The number of benzene rings is 2. The third-order valence-corrected chi connectivity index (χ3v) is 3.63. The van der Waals surface area contributed by atoms with Gasteiger partial charge in [0.05, 0.1) is 11.8 Å². The van der Waals surface area contributed by atoms with Crippen LogP contribution in [0.4, 0.5) is 0 Å². The van der Waals surface area contributed by atoms with Crippen LogP contribution in [0.1, 0.15) is 11.1 Å². The molecule has 0 amide bonds. The Morgan fingerprint density at radius 2 is 1.82 bits per heavy atom. The normalized spacial score (nSPS) is 12.5. The topological polar surface area (TPSA) is 77.0 Å². The Hall–Kier alpha value is -2.50. The first kappa shape index (κ1) is 14.4. The maximum atomic E-state index is 9.72. The molecule has 112 valence electrons. The van der Waals surface area contributed by atoms with Crippen molar-refractivity contribution >= 4 is 11.0 Å². The van der Waals surface area contributed by atoms with Gasteiger partial charge in [0.15, 0.2) is 0 Å². The van der Waals surface area contributed by atoms with E-state index in [1.165, 1.54) is 6.08 Å². The van der Waals surface area contributed by atoms with Gasteiger partial charge in [0.2, 0.25) is 0 Å². The maximum Gasteiger partial charge on any atom is 0.113 e. The standard InChI is InChI=1S/C17H18N4O/c1-2-15(22)10-12-7-8-14(9-13(12)11-18)21-19-16-5-3-4-6-17(16)20-21/h2-9,15,22H,1,10-11,18H2. The number of aliphatic hydroxyl groups excluding tert-OH is 1. The zero-order chi connectivity index (χ0) is 15.5. The highest BCUT2D eigenvalue weighted by molar-refractivity contribution is 5.73. The fourth-order valence-electron chi connectivity index (χ4n) is 2.41. The number of hydrogen-bond acceptors (Lipinski definition) is 4. The summed E-state index contributed by atoms with van der Waals surface area (Å²) in [6.07, 6.45) is 1.46. The van der Waals surface area contributed by atoms with Gasteiger partial charge in [-0.15, -0.1) is 16.8 Å². The van der Waals surface area contributed by atoms with E-state index in [4.69, 9.17) is 5.73 Å². The van der Waals surface area contributed by atoms with E-state index in [0.29, 0.717) is 13.0 Å². The maximum absolute atomic E-state index is 9.72. The molecule has 5 heteroatoms. The van der Waals surface area contributed by atoms with E-state index in [1.54, 1.807) is 4.80 Å². The first-order chi connectivity index (χ1) is 10.7. The van der Waals surface area contributed by atoms with Crippen LogP contribution in [-0.4, -0.2) is 26.2 Å². The Balaban J connectivity index is 1.99. The fourth-order valence-corrected chi connectivity index (χ4v) is 2.41. The molecule has 0 saturated heterocycles. The number of hydrogen-bond donors (Lipinski definition) is 2. The molecule has 3 N–H and O–H groups in total. The fraction of sp³-hybridized carbons (Fsp3) is 0.176. The predicted molar refractivity (Wildman–Crippen MR) is 86.7 cm³/mol. The number of fused-ring (bicyclic) bond motifs is 1. The molecule has 0 spiro atoms. The van der Waals surface area contributed by atoms with Gasteiger partial charge < -0.3 is 10.8 Å². The van der Waals surface area contributed by atoms with E-state index in [9.17, 15) is 5.11 Å². The minimum Gasteiger partial charge on any atom is -0.389 e. The van der Waals surface area contributed by atoms with Crippen molar-refractivity contribution in [2.24, 2.45) is 5.73 Å². The molecule has 2 aromatic carbocycles. The molecule has 0 bridgehead atoms. The van der Waals surface area contributed by atoms with E-state index >= 15 is 0 Å². The van der Waals surface area contributed by atoms with Gasteiger partial charge >= 0.3 is 0 Å². The Morgan fingerprint density at radius 3 is 2.41 bits per heavy atom. The summed E-state index contributed by atoms with van der Waals surface area (Å²) in [4.78, 5) is 1.61. The van der Waals surface area contributed by atoms with Gasteiger partial charge in [0, 0.05) is 13.0 Å². The summed E-state index contributed by atoms with van der Waals surface area (Å²) in [5.74, 6) is 0. The van der Waals surface area contributed by atoms with Crippen molar-refractivity contribution in [1.82, 2.24) is 15.0 Å². The molecule has 1 unspecified atom stereocenters. The second-order valence-corrected chi connectivity index (χ2v) is 5.14. The van der Waals surface area contributed by atoms with Crippen molar-refractivity contribution in [1.29, 1.82) is 0 Å². The quantitative estimate of drug-likeness (QED) is 0.705. The molecule has 0 aliphatic carbocycles. The van der Waals surface area contributed by atoms with Crippen LogP contribution >= 0.6 is 0 Å². The molecule has 0 aliphatic rings. The number of nitrogens with zero attached hydrogens (tertiary/aromatic N) is 3. The largest absolute Gasteiger partial charge is 0.389 e. The molecule has 5 nitrogen and oxygen atoms in total. The van der Waals surface area contributed by atoms with Gasteiger partial charge in [-0.25, -0.2) is 0 Å². The first-order valence-electron chi connectivity index (χ1n) is 7.16. The van der Waals surface area contributed by atoms with E-state index < -0.39 is 6.10 Å². The molecule has 1 heterocycles. The molecular formula is C17H18N4O. The molecule has 0 radical (unpaired) electrons. The lowest BCUT2D eigenvalue weighted by atomic mass is 10.0. The van der Waals surface area contributed by atoms with Gasteiger partial charge in [-0.2, -0.15) is 4.80 Å². The van der Waals surface area contributed by atoms with Crippen LogP contribution in [0.3, 0.4) is 0 Å². The summed E-state index contributed by atoms with van der Waals surface area (Å²) in [5, 5.41) is 18.7. The van der Waals surface area contributed by atoms with Crippen molar-refractivity contribution in [2.45, 2.75) is 19.1 Å². The van der Waals surface area contributed by atoms with Crippen LogP contribution in [0.2, 0.25) is 0 Å². The lowest BCUT2D eigenvalue weighted by Gasteiger charge is -2.11. The highest BCUT2D eigenvalue weighted by Crippen LogP contribution is 2.18. The molecule has 0 aliphatic heterocycles. The van der Waals surface area contributed by atoms with Crippen molar-refractivity contribution in [3.63, 3.8) is 0 Å². The van der Waals surface area contributed by atoms with Crippen LogP contribution < -0.4 is 5.73 Å². The van der Waals surface area contributed by atoms with Crippen LogP contribution in [0.15, 0.2) is 55.1 Å². The number of nitrogens with two attached hydrogens (primary N) is 1. The van der Waals surface area contributed by atoms with E-state index in [1.807, 2.05) is 42.5 Å². The molecule has 0 saturated carbocycles. The molecule has 1 atom stereocenters. The molecule has 3 aromatic rings. The second kappa shape index (κ2) is 6.09. The summed E-state index contributed by atoms with van der Waals surface area (Å²) in [6, 6.07) is 13.6. The third kappa shape index (κ3) is 2.77. The summed E-state index contributed by atoms with van der Waals surface area (Å²) >= 11 is 0. The molecule has 0 fully saturated rings. The smallest absolute Gasteiger partial charge is 0.113 e. The van der Waals surface area contributed by atoms with E-state index in [2.05, 4.69) is 16.8 Å². The van der Waals surface area contributed by atoms with Crippen LogP contribution in [0.25, 0.3) is 16.7 Å². The average molecular weight is 294 g/mol. The number of rotatable bonds is 5. The van der Waals surface area contributed by atoms with Gasteiger partial charge in [-0.3, -0.25) is 0 Å². The summed E-state index contributed by atoms with van der Waals surface area (Å²) in [7, 11) is 0. The van der Waals surface area contributed by atoms with Gasteiger partial charge in [-0.1, -0.05) is 24.3 Å². The monoisotopic (exact) mass is 294 g/mol. The van der Waals surface area contributed by atoms with Crippen LogP contribution in [0.5, 0.6) is 0 Å². The van der Waals surface area contributed by atoms with Crippen LogP contribution in [0, 0.1) is 0 Å². The van der Waals surface area contributed by atoms with Crippen molar-refractivity contribution in [3.8, 4) is 5.69 Å². The van der Waals surface area contributed by atoms with Crippen molar-refractivity contribution < 1.29 is 5.11 Å². The van der Waals surface area contributed by atoms with Gasteiger partial charge in [0.25, 0.3) is 0 Å². The predicted octanol–water partition coefficient (Wildman–Crippen LogP) is 1.97. The van der Waals surface area contributed by atoms with Crippen molar-refractivity contribution in [2.75, 3.05) is 0 Å². The number of aromatic nitrogens is 3. The highest BCUT2D eigenvalue weighted by atomic mass is 16.3. The summed E-state index contributed by atoms with van der Waals surface area (Å²) in [5.41, 5.74) is 10.4. The lowest BCUT2D eigenvalue weighted by Crippen LogP contribution is -2.11. The Kier molecular flexibility index (Phi) is 4.00.